The largest absolute Gasteiger partial charge is 0.497 e. The highest BCUT2D eigenvalue weighted by atomic mass is 16.5. The lowest BCUT2D eigenvalue weighted by Crippen LogP contribution is -2.22. The van der Waals surface area contributed by atoms with Crippen molar-refractivity contribution in [2.24, 2.45) is 0 Å². The molecule has 5 nitrogen and oxygen atoms in total. The molecule has 0 aliphatic carbocycles. The number of rotatable bonds is 6. The number of hydrogen-bond donors (Lipinski definition) is 2. The molecular weight excluding hydrogens is 290 g/mol. The Balaban J connectivity index is 1.94. The van der Waals surface area contributed by atoms with E-state index >= 15 is 0 Å². The van der Waals surface area contributed by atoms with Gasteiger partial charge in [0.2, 0.25) is 0 Å². The first-order valence-electron chi connectivity index (χ1n) is 7.73. The number of hydrogen-bond acceptors (Lipinski definition) is 3. The van der Waals surface area contributed by atoms with Crippen LogP contribution in [0.1, 0.15) is 13.8 Å². The van der Waals surface area contributed by atoms with E-state index in [1.54, 1.807) is 31.4 Å². The van der Waals surface area contributed by atoms with Crippen molar-refractivity contribution in [3.05, 3.63) is 48.5 Å². The van der Waals surface area contributed by atoms with Gasteiger partial charge < -0.3 is 20.3 Å². The molecule has 2 rings (SSSR count). The number of ether oxygens (including phenoxy) is 1. The first-order chi connectivity index (χ1) is 11.2. The first-order valence-corrected chi connectivity index (χ1v) is 7.73. The molecule has 0 radical (unpaired) electrons. The Morgan fingerprint density at radius 1 is 0.913 bits per heavy atom. The van der Waals surface area contributed by atoms with Gasteiger partial charge in [0.1, 0.15) is 5.75 Å². The smallest absolute Gasteiger partial charge is 0.323 e. The van der Waals surface area contributed by atoms with Gasteiger partial charge in [-0.1, -0.05) is 0 Å². The summed E-state index contributed by atoms with van der Waals surface area (Å²) in [5.41, 5.74) is 2.62. The van der Waals surface area contributed by atoms with Crippen LogP contribution < -0.4 is 20.3 Å². The van der Waals surface area contributed by atoms with Crippen molar-refractivity contribution in [3.8, 4) is 5.75 Å². The molecule has 0 bridgehead atoms. The quantitative estimate of drug-likeness (QED) is 0.841. The summed E-state index contributed by atoms with van der Waals surface area (Å²) < 4.78 is 5.09. The molecule has 0 fully saturated rings. The van der Waals surface area contributed by atoms with Crippen LogP contribution in [0.15, 0.2) is 48.5 Å². The predicted molar refractivity (Wildman–Crippen MR) is 95.6 cm³/mol. The summed E-state index contributed by atoms with van der Waals surface area (Å²) in [7, 11) is 1.61. The third kappa shape index (κ3) is 4.64. The van der Waals surface area contributed by atoms with Crippen molar-refractivity contribution < 1.29 is 9.53 Å². The van der Waals surface area contributed by atoms with E-state index in [1.165, 1.54) is 0 Å². The molecular formula is C18H23N3O2. The zero-order chi connectivity index (χ0) is 16.7. The van der Waals surface area contributed by atoms with E-state index in [-0.39, 0.29) is 6.03 Å². The molecule has 0 unspecified atom stereocenters. The molecule has 0 saturated heterocycles. The average molecular weight is 313 g/mol. The van der Waals surface area contributed by atoms with Crippen molar-refractivity contribution in [1.82, 2.24) is 0 Å². The zero-order valence-corrected chi connectivity index (χ0v) is 13.8. The fourth-order valence-electron chi connectivity index (χ4n) is 2.31. The van der Waals surface area contributed by atoms with E-state index in [2.05, 4.69) is 29.4 Å². The van der Waals surface area contributed by atoms with Crippen LogP contribution in [0.4, 0.5) is 21.9 Å². The summed E-state index contributed by atoms with van der Waals surface area (Å²) in [6.07, 6.45) is 0. The highest BCUT2D eigenvalue weighted by Gasteiger charge is 2.05. The van der Waals surface area contributed by atoms with Gasteiger partial charge in [0.15, 0.2) is 0 Å². The molecule has 2 aromatic rings. The maximum atomic E-state index is 12.0. The van der Waals surface area contributed by atoms with Gasteiger partial charge in [-0.25, -0.2) is 4.79 Å². The molecule has 0 aliphatic rings. The van der Waals surface area contributed by atoms with Crippen LogP contribution in [0.2, 0.25) is 0 Å². The summed E-state index contributed by atoms with van der Waals surface area (Å²) in [6, 6.07) is 14.7. The second-order valence-corrected chi connectivity index (χ2v) is 5.03. The molecule has 2 amide bonds. The second-order valence-electron chi connectivity index (χ2n) is 5.03. The Bertz CT molecular complexity index is 620. The number of urea groups is 1. The number of methoxy groups -OCH3 is 1. The number of amides is 2. The Morgan fingerprint density at radius 3 is 1.83 bits per heavy atom. The van der Waals surface area contributed by atoms with Gasteiger partial charge in [-0.15, -0.1) is 0 Å². The van der Waals surface area contributed by atoms with E-state index in [0.29, 0.717) is 5.69 Å². The minimum atomic E-state index is -0.272. The number of carbonyl (C=O) groups excluding carboxylic acids is 1. The Labute approximate surface area is 137 Å². The van der Waals surface area contributed by atoms with Gasteiger partial charge in [-0.3, -0.25) is 0 Å². The molecule has 2 N–H and O–H groups in total. The van der Waals surface area contributed by atoms with E-state index in [9.17, 15) is 4.79 Å². The predicted octanol–water partition coefficient (Wildman–Crippen LogP) is 4.19. The lowest BCUT2D eigenvalue weighted by molar-refractivity contribution is 0.262. The molecule has 0 atom stereocenters. The molecule has 0 aliphatic heterocycles. The highest BCUT2D eigenvalue weighted by molar-refractivity contribution is 5.99. The third-order valence-electron chi connectivity index (χ3n) is 3.60. The highest BCUT2D eigenvalue weighted by Crippen LogP contribution is 2.18. The summed E-state index contributed by atoms with van der Waals surface area (Å²) in [5, 5.41) is 5.61. The van der Waals surface area contributed by atoms with Gasteiger partial charge in [0.25, 0.3) is 0 Å². The summed E-state index contributed by atoms with van der Waals surface area (Å²) in [6.45, 7) is 6.17. The molecule has 23 heavy (non-hydrogen) atoms. The molecule has 2 aromatic carbocycles. The zero-order valence-electron chi connectivity index (χ0n) is 13.8. The second kappa shape index (κ2) is 8.08. The summed E-state index contributed by atoms with van der Waals surface area (Å²) in [4.78, 5) is 14.3. The van der Waals surface area contributed by atoms with Gasteiger partial charge >= 0.3 is 6.03 Å². The van der Waals surface area contributed by atoms with E-state index in [0.717, 1.165) is 30.2 Å². The molecule has 0 heterocycles. The van der Waals surface area contributed by atoms with Crippen LogP contribution in [0.3, 0.4) is 0 Å². The minimum absolute atomic E-state index is 0.272. The molecule has 122 valence electrons. The Hall–Kier alpha value is -2.69. The maximum Gasteiger partial charge on any atom is 0.323 e. The number of anilines is 3. The van der Waals surface area contributed by atoms with Crippen molar-refractivity contribution in [2.75, 3.05) is 35.7 Å². The van der Waals surface area contributed by atoms with Gasteiger partial charge in [0, 0.05) is 30.2 Å². The molecule has 5 heteroatoms. The SMILES string of the molecule is CCN(CC)c1ccc(NC(=O)Nc2ccc(OC)cc2)cc1. The van der Waals surface area contributed by atoms with Crippen molar-refractivity contribution in [2.45, 2.75) is 13.8 Å². The standard InChI is InChI=1S/C18H23N3O2/c1-4-21(5-2)16-10-6-14(7-11-16)19-18(22)20-15-8-12-17(23-3)13-9-15/h6-13H,4-5H2,1-3H3,(H2,19,20,22). The van der Waals surface area contributed by atoms with Crippen LogP contribution in [0, 0.1) is 0 Å². The minimum Gasteiger partial charge on any atom is -0.497 e. The van der Waals surface area contributed by atoms with Crippen LogP contribution in [0.25, 0.3) is 0 Å². The lowest BCUT2D eigenvalue weighted by atomic mass is 10.2. The average Bonchev–Trinajstić information content (AvgIpc) is 2.58. The van der Waals surface area contributed by atoms with Crippen molar-refractivity contribution in [1.29, 1.82) is 0 Å². The van der Waals surface area contributed by atoms with Crippen molar-refractivity contribution in [3.63, 3.8) is 0 Å². The molecule has 0 saturated carbocycles. The molecule has 0 aromatic heterocycles. The van der Waals surface area contributed by atoms with Crippen LogP contribution in [-0.4, -0.2) is 26.2 Å². The fraction of sp³-hybridized carbons (Fsp3) is 0.278. The van der Waals surface area contributed by atoms with Gasteiger partial charge in [-0.2, -0.15) is 0 Å². The Morgan fingerprint density at radius 2 is 1.39 bits per heavy atom. The topological polar surface area (TPSA) is 53.6 Å². The Kier molecular flexibility index (Phi) is 5.86. The lowest BCUT2D eigenvalue weighted by Gasteiger charge is -2.21. The van der Waals surface area contributed by atoms with Crippen LogP contribution in [-0.2, 0) is 0 Å². The van der Waals surface area contributed by atoms with E-state index in [4.69, 9.17) is 4.74 Å². The number of benzene rings is 2. The number of carbonyl (C=O) groups is 1. The van der Waals surface area contributed by atoms with Gasteiger partial charge in [0.05, 0.1) is 7.11 Å². The van der Waals surface area contributed by atoms with Gasteiger partial charge in [-0.05, 0) is 62.4 Å². The van der Waals surface area contributed by atoms with Crippen molar-refractivity contribution >= 4 is 23.1 Å². The third-order valence-corrected chi connectivity index (χ3v) is 3.60. The molecule has 0 spiro atoms. The van der Waals surface area contributed by atoms with Crippen LogP contribution in [0.5, 0.6) is 5.75 Å². The number of nitrogens with zero attached hydrogens (tertiary/aromatic N) is 1. The first kappa shape index (κ1) is 16.7. The van der Waals surface area contributed by atoms with Crippen LogP contribution >= 0.6 is 0 Å². The maximum absolute atomic E-state index is 12.0. The summed E-state index contributed by atoms with van der Waals surface area (Å²) >= 11 is 0. The number of nitrogens with one attached hydrogen (secondary N) is 2. The fourth-order valence-corrected chi connectivity index (χ4v) is 2.31. The monoisotopic (exact) mass is 313 g/mol. The van der Waals surface area contributed by atoms with E-state index < -0.39 is 0 Å². The normalized spacial score (nSPS) is 10.0. The summed E-state index contributed by atoms with van der Waals surface area (Å²) in [5.74, 6) is 0.753. The van der Waals surface area contributed by atoms with E-state index in [1.807, 2.05) is 24.3 Å².